The molecule has 2 aromatic rings. The van der Waals surface area contributed by atoms with Crippen LogP contribution in [-0.2, 0) is 16.0 Å². The van der Waals surface area contributed by atoms with E-state index in [1.165, 1.54) is 18.4 Å². The van der Waals surface area contributed by atoms with Crippen molar-refractivity contribution in [3.05, 3.63) is 59.7 Å². The smallest absolute Gasteiger partial charge is 0.246 e. The van der Waals surface area contributed by atoms with Gasteiger partial charge in [0.2, 0.25) is 25.4 Å². The van der Waals surface area contributed by atoms with Gasteiger partial charge < -0.3 is 28.7 Å². The van der Waals surface area contributed by atoms with Gasteiger partial charge in [0.1, 0.15) is 0 Å². The fourth-order valence-corrected chi connectivity index (χ4v) is 7.56. The number of aryl methyl sites for hydroxylation is 1. The minimum Gasteiger partial charge on any atom is -0.454 e. The number of carbonyl (C=O) groups is 2. The van der Waals surface area contributed by atoms with Crippen LogP contribution < -0.4 is 18.9 Å². The Morgan fingerprint density at radius 1 is 0.738 bits per heavy atom. The lowest BCUT2D eigenvalue weighted by molar-refractivity contribution is -0.146. The second-order valence-corrected chi connectivity index (χ2v) is 12.3. The number of hydrogen-bond acceptors (Lipinski definition) is 6. The molecule has 1 saturated carbocycles. The molecular formula is C34H40N2O6. The topological polar surface area (TPSA) is 77.5 Å². The number of fused-ring (bicyclic) bond motifs is 2. The lowest BCUT2D eigenvalue weighted by Gasteiger charge is -2.52. The van der Waals surface area contributed by atoms with E-state index in [1.54, 1.807) is 6.08 Å². The van der Waals surface area contributed by atoms with Crippen molar-refractivity contribution in [2.45, 2.75) is 57.3 Å². The number of likely N-dealkylation sites (tertiary alicyclic amines) is 2. The van der Waals surface area contributed by atoms with Gasteiger partial charge in [0, 0.05) is 38.0 Å². The van der Waals surface area contributed by atoms with Gasteiger partial charge in [-0.2, -0.15) is 0 Å². The van der Waals surface area contributed by atoms with Crippen LogP contribution in [0.3, 0.4) is 0 Å². The minimum absolute atomic E-state index is 0.0268. The second kappa shape index (κ2) is 11.9. The zero-order valence-electron chi connectivity index (χ0n) is 24.2. The first kappa shape index (κ1) is 27.2. The number of rotatable bonds is 7. The van der Waals surface area contributed by atoms with Crippen molar-refractivity contribution in [3.8, 4) is 23.0 Å². The van der Waals surface area contributed by atoms with E-state index < -0.39 is 0 Å². The van der Waals surface area contributed by atoms with E-state index in [4.69, 9.17) is 18.9 Å². The molecule has 1 aliphatic carbocycles. The van der Waals surface area contributed by atoms with Crippen molar-refractivity contribution in [1.82, 2.24) is 9.80 Å². The van der Waals surface area contributed by atoms with Crippen molar-refractivity contribution < 1.29 is 28.5 Å². The maximum Gasteiger partial charge on any atom is 0.246 e. The number of ether oxygens (including phenoxy) is 4. The molecular weight excluding hydrogens is 532 g/mol. The molecule has 7 rings (SSSR count). The molecule has 2 amide bonds. The van der Waals surface area contributed by atoms with Crippen molar-refractivity contribution >= 4 is 11.8 Å². The second-order valence-electron chi connectivity index (χ2n) is 12.3. The van der Waals surface area contributed by atoms with Crippen molar-refractivity contribution in [2.75, 3.05) is 39.8 Å². The molecule has 0 bridgehead atoms. The number of nitrogens with zero attached hydrogens (tertiary/aromatic N) is 2. The normalized spacial score (nSPS) is 26.4. The van der Waals surface area contributed by atoms with Gasteiger partial charge >= 0.3 is 0 Å². The Morgan fingerprint density at radius 3 is 2.07 bits per heavy atom. The summed E-state index contributed by atoms with van der Waals surface area (Å²) in [6.45, 7) is 3.76. The molecule has 8 nitrogen and oxygen atoms in total. The molecule has 0 N–H and O–H groups in total. The maximum atomic E-state index is 14.2. The summed E-state index contributed by atoms with van der Waals surface area (Å²) < 4.78 is 22.4. The third-order valence-corrected chi connectivity index (χ3v) is 9.82. The van der Waals surface area contributed by atoms with Gasteiger partial charge in [-0.3, -0.25) is 9.59 Å². The lowest BCUT2D eigenvalue weighted by atomic mass is 9.52. The standard InChI is InChI=1S/C34H40N2O6/c37-31(35-15-3-1-4-16-35)14-11-25-26(10-7-23-8-12-27-29(19-23)41-21-39-27)33(34(38)36-17-5-2-6-18-36)32(25)24-9-13-28-30(20-24)42-22-40-28/h8-9,11-14,19-20,25-26,32-33H,1-7,10,15-18,21-22H2. The zero-order chi connectivity index (χ0) is 28.5. The van der Waals surface area contributed by atoms with E-state index in [0.29, 0.717) is 0 Å². The predicted octanol–water partition coefficient (Wildman–Crippen LogP) is 5.30. The Bertz CT molecular complexity index is 1350. The van der Waals surface area contributed by atoms with Crippen molar-refractivity contribution in [2.24, 2.45) is 17.8 Å². The summed E-state index contributed by atoms with van der Waals surface area (Å²) >= 11 is 0. The van der Waals surface area contributed by atoms with Crippen LogP contribution in [-0.4, -0.2) is 61.4 Å². The highest BCUT2D eigenvalue weighted by Gasteiger charge is 2.54. The molecule has 0 radical (unpaired) electrons. The lowest BCUT2D eigenvalue weighted by Crippen LogP contribution is -2.54. The molecule has 5 aliphatic rings. The molecule has 42 heavy (non-hydrogen) atoms. The fourth-order valence-electron chi connectivity index (χ4n) is 7.56. The average molecular weight is 573 g/mol. The molecule has 8 heteroatoms. The quantitative estimate of drug-likeness (QED) is 0.419. The number of benzene rings is 2. The van der Waals surface area contributed by atoms with Gasteiger partial charge in [-0.15, -0.1) is 0 Å². The molecule has 2 saturated heterocycles. The predicted molar refractivity (Wildman–Crippen MR) is 157 cm³/mol. The Kier molecular flexibility index (Phi) is 7.70. The van der Waals surface area contributed by atoms with E-state index >= 15 is 0 Å². The molecule has 4 atom stereocenters. The maximum absolute atomic E-state index is 14.2. The van der Waals surface area contributed by atoms with Crippen LogP contribution in [0.5, 0.6) is 23.0 Å². The highest BCUT2D eigenvalue weighted by molar-refractivity contribution is 5.88. The highest BCUT2D eigenvalue weighted by atomic mass is 16.7. The summed E-state index contributed by atoms with van der Waals surface area (Å²) in [5.74, 6) is 3.36. The first-order chi connectivity index (χ1) is 20.7. The van der Waals surface area contributed by atoms with Crippen molar-refractivity contribution in [3.63, 3.8) is 0 Å². The molecule has 0 aromatic heterocycles. The van der Waals surface area contributed by atoms with Gasteiger partial charge in [0.15, 0.2) is 23.0 Å². The van der Waals surface area contributed by atoms with Crippen LogP contribution in [0.1, 0.15) is 62.0 Å². The van der Waals surface area contributed by atoms with E-state index in [0.717, 1.165) is 93.3 Å². The van der Waals surface area contributed by atoms with Crippen LogP contribution in [0.4, 0.5) is 0 Å². The largest absolute Gasteiger partial charge is 0.454 e. The first-order valence-corrected chi connectivity index (χ1v) is 15.7. The molecule has 0 spiro atoms. The fraction of sp³-hybridized carbons (Fsp3) is 0.529. The number of allylic oxidation sites excluding steroid dienone is 1. The Balaban J connectivity index is 1.19. The highest BCUT2D eigenvalue weighted by Crippen LogP contribution is 2.57. The first-order valence-electron chi connectivity index (χ1n) is 15.7. The van der Waals surface area contributed by atoms with Crippen LogP contribution in [0.15, 0.2) is 48.6 Å². The monoisotopic (exact) mass is 572 g/mol. The third-order valence-electron chi connectivity index (χ3n) is 9.82. The average Bonchev–Trinajstić information content (AvgIpc) is 3.70. The van der Waals surface area contributed by atoms with Gasteiger partial charge in [-0.25, -0.2) is 0 Å². The molecule has 3 fully saturated rings. The van der Waals surface area contributed by atoms with Gasteiger partial charge in [-0.1, -0.05) is 18.2 Å². The van der Waals surface area contributed by atoms with Crippen LogP contribution in [0.25, 0.3) is 0 Å². The summed E-state index contributed by atoms with van der Waals surface area (Å²) in [5.41, 5.74) is 2.25. The van der Waals surface area contributed by atoms with Crippen LogP contribution >= 0.6 is 0 Å². The van der Waals surface area contributed by atoms with Crippen LogP contribution in [0.2, 0.25) is 0 Å². The Labute approximate surface area is 247 Å². The van der Waals surface area contributed by atoms with Crippen molar-refractivity contribution in [1.29, 1.82) is 0 Å². The van der Waals surface area contributed by atoms with E-state index in [1.807, 2.05) is 23.1 Å². The van der Waals surface area contributed by atoms with E-state index in [9.17, 15) is 9.59 Å². The van der Waals surface area contributed by atoms with Crippen LogP contribution in [0, 0.1) is 17.8 Å². The van der Waals surface area contributed by atoms with E-state index in [2.05, 4.69) is 29.2 Å². The minimum atomic E-state index is -0.155. The van der Waals surface area contributed by atoms with E-state index in [-0.39, 0.29) is 49.1 Å². The molecule has 2 aromatic carbocycles. The van der Waals surface area contributed by atoms with Gasteiger partial charge in [-0.05, 0) is 105 Å². The molecule has 4 unspecified atom stereocenters. The Hall–Kier alpha value is -3.68. The summed E-state index contributed by atoms with van der Waals surface area (Å²) in [7, 11) is 0. The summed E-state index contributed by atoms with van der Waals surface area (Å²) in [6, 6.07) is 12.2. The number of piperidine rings is 2. The molecule has 222 valence electrons. The summed E-state index contributed by atoms with van der Waals surface area (Å²) in [4.78, 5) is 31.5. The third kappa shape index (κ3) is 5.32. The summed E-state index contributed by atoms with van der Waals surface area (Å²) in [6.07, 6.45) is 12.2. The number of hydrogen-bond donors (Lipinski definition) is 0. The number of carbonyl (C=O) groups excluding carboxylic acids is 2. The molecule has 4 aliphatic heterocycles. The summed E-state index contributed by atoms with van der Waals surface area (Å²) in [5, 5.41) is 0. The Morgan fingerprint density at radius 2 is 1.36 bits per heavy atom. The number of amides is 2. The zero-order valence-corrected chi connectivity index (χ0v) is 24.2. The molecule has 4 heterocycles. The van der Waals surface area contributed by atoms with Gasteiger partial charge in [0.25, 0.3) is 0 Å². The van der Waals surface area contributed by atoms with Gasteiger partial charge in [0.05, 0.1) is 0 Å². The SMILES string of the molecule is O=C(C=CC1C(CCc2ccc3c(c2)OCO3)C(C(=O)N2CCCCC2)C1c1ccc2c(c1)OCO2)N1CCCCC1.